The molecular formula is C13H18F3NO2. The second-order valence-corrected chi connectivity index (χ2v) is 3.52. The largest absolute Gasteiger partial charge is 0.416 e. The summed E-state index contributed by atoms with van der Waals surface area (Å²) in [4.78, 5) is 10.8. The molecule has 3 nitrogen and oxygen atoms in total. The number of carbonyl (C=O) groups is 1. The van der Waals surface area contributed by atoms with Crippen LogP contribution < -0.4 is 5.32 Å². The number of hydrogen-bond donors (Lipinski definition) is 2. The number of rotatable bonds is 4. The summed E-state index contributed by atoms with van der Waals surface area (Å²) in [5.74, 6) is 0. The molecule has 0 aliphatic carbocycles. The van der Waals surface area contributed by atoms with Crippen molar-refractivity contribution < 1.29 is 23.1 Å². The van der Waals surface area contributed by atoms with Crippen LogP contribution in [0.2, 0.25) is 0 Å². The average Bonchev–Trinajstić information content (AvgIpc) is 2.40. The molecule has 0 bridgehead atoms. The number of hydrogen-bond acceptors (Lipinski definition) is 3. The minimum absolute atomic E-state index is 0.0572. The Morgan fingerprint density at radius 1 is 1.32 bits per heavy atom. The molecule has 0 saturated heterocycles. The molecule has 0 aliphatic heterocycles. The van der Waals surface area contributed by atoms with Gasteiger partial charge in [0.2, 0.25) is 0 Å². The number of nitrogens with one attached hydrogen (secondary N) is 1. The summed E-state index contributed by atoms with van der Waals surface area (Å²) in [6, 6.07) is 2.12. The predicted molar refractivity (Wildman–Crippen MR) is 66.9 cm³/mol. The van der Waals surface area contributed by atoms with Crippen molar-refractivity contribution in [2.75, 3.05) is 7.05 Å². The summed E-state index contributed by atoms with van der Waals surface area (Å²) in [6.45, 7) is 3.40. The van der Waals surface area contributed by atoms with Crippen LogP contribution in [0.3, 0.4) is 0 Å². The van der Waals surface area contributed by atoms with Gasteiger partial charge in [-0.15, -0.1) is 0 Å². The van der Waals surface area contributed by atoms with Crippen molar-refractivity contribution >= 4 is 6.29 Å². The molecule has 1 rings (SSSR count). The number of halogens is 3. The number of aldehydes is 1. The Bertz CT molecular complexity index is 417. The van der Waals surface area contributed by atoms with E-state index < -0.39 is 18.3 Å². The van der Waals surface area contributed by atoms with Crippen molar-refractivity contribution in [3.63, 3.8) is 0 Å². The highest BCUT2D eigenvalue weighted by atomic mass is 19.4. The minimum atomic E-state index is -4.55. The van der Waals surface area contributed by atoms with Crippen LogP contribution in [0.15, 0.2) is 12.1 Å². The Morgan fingerprint density at radius 2 is 1.89 bits per heavy atom. The monoisotopic (exact) mass is 277 g/mol. The smallest absolute Gasteiger partial charge is 0.392 e. The lowest BCUT2D eigenvalue weighted by Crippen LogP contribution is -2.17. The van der Waals surface area contributed by atoms with Gasteiger partial charge in [-0.25, -0.2) is 0 Å². The number of aliphatic hydroxyl groups is 1. The molecular weight excluding hydrogens is 259 g/mol. The van der Waals surface area contributed by atoms with E-state index in [2.05, 4.69) is 5.32 Å². The van der Waals surface area contributed by atoms with Gasteiger partial charge >= 0.3 is 6.18 Å². The third-order valence-corrected chi connectivity index (χ3v) is 2.31. The molecule has 0 fully saturated rings. The molecule has 0 aliphatic rings. The van der Waals surface area contributed by atoms with Gasteiger partial charge in [0.05, 0.1) is 12.2 Å². The van der Waals surface area contributed by atoms with E-state index in [1.807, 2.05) is 13.8 Å². The molecule has 0 unspecified atom stereocenters. The van der Waals surface area contributed by atoms with Crippen LogP contribution in [-0.4, -0.2) is 18.4 Å². The molecule has 19 heavy (non-hydrogen) atoms. The molecule has 0 spiro atoms. The van der Waals surface area contributed by atoms with E-state index in [4.69, 9.17) is 5.11 Å². The third-order valence-electron chi connectivity index (χ3n) is 2.31. The van der Waals surface area contributed by atoms with Crippen LogP contribution in [0.1, 0.15) is 40.9 Å². The zero-order chi connectivity index (χ0) is 15.1. The highest BCUT2D eigenvalue weighted by molar-refractivity contribution is 5.78. The van der Waals surface area contributed by atoms with Crippen LogP contribution in [0, 0.1) is 0 Å². The first-order valence-electron chi connectivity index (χ1n) is 5.87. The molecule has 1 aromatic rings. The fourth-order valence-electron chi connectivity index (χ4n) is 1.58. The van der Waals surface area contributed by atoms with Gasteiger partial charge in [-0.2, -0.15) is 13.2 Å². The Morgan fingerprint density at radius 3 is 2.26 bits per heavy atom. The van der Waals surface area contributed by atoms with E-state index in [1.54, 1.807) is 0 Å². The van der Waals surface area contributed by atoms with E-state index >= 15 is 0 Å². The zero-order valence-electron chi connectivity index (χ0n) is 11.1. The summed E-state index contributed by atoms with van der Waals surface area (Å²) >= 11 is 0. The number of aliphatic hydroxyl groups excluding tert-OH is 1. The second kappa shape index (κ2) is 7.91. The quantitative estimate of drug-likeness (QED) is 0.832. The SMILES string of the molecule is CC.CNCc1c(C=O)cc(CO)cc1C(F)(F)F. The number of carbonyl (C=O) groups excluding carboxylic acids is 1. The summed E-state index contributed by atoms with van der Waals surface area (Å²) < 4.78 is 38.3. The first-order valence-corrected chi connectivity index (χ1v) is 5.87. The first kappa shape index (κ1) is 17.6. The molecule has 0 amide bonds. The van der Waals surface area contributed by atoms with Gasteiger partial charge in [-0.3, -0.25) is 4.79 Å². The molecule has 0 saturated carbocycles. The molecule has 0 atom stereocenters. The molecule has 1 aromatic carbocycles. The lowest BCUT2D eigenvalue weighted by Gasteiger charge is -2.16. The Kier molecular flexibility index (Phi) is 7.33. The van der Waals surface area contributed by atoms with Crippen molar-refractivity contribution in [1.82, 2.24) is 5.32 Å². The summed E-state index contributed by atoms with van der Waals surface area (Å²) in [7, 11) is 1.49. The van der Waals surface area contributed by atoms with Gasteiger partial charge in [-0.05, 0) is 30.3 Å². The van der Waals surface area contributed by atoms with Crippen LogP contribution >= 0.6 is 0 Å². The molecule has 0 radical (unpaired) electrons. The maximum absolute atomic E-state index is 12.8. The standard InChI is InChI=1S/C11H12F3NO2.C2H6/c1-15-4-9-8(6-17)2-7(5-16)3-10(9)11(12,13)14;1-2/h2-3,6,15-16H,4-5H2,1H3;1-2H3. The Labute approximate surface area is 110 Å². The summed E-state index contributed by atoms with van der Waals surface area (Å²) in [6.07, 6.45) is -4.18. The fraction of sp³-hybridized carbons (Fsp3) is 0.462. The molecule has 2 N–H and O–H groups in total. The van der Waals surface area contributed by atoms with Crippen LogP contribution in [0.5, 0.6) is 0 Å². The Hall–Kier alpha value is -1.40. The van der Waals surface area contributed by atoms with Crippen molar-refractivity contribution in [1.29, 1.82) is 0 Å². The van der Waals surface area contributed by atoms with E-state index in [0.717, 1.165) is 6.07 Å². The number of benzene rings is 1. The van der Waals surface area contributed by atoms with Gasteiger partial charge < -0.3 is 10.4 Å². The number of alkyl halides is 3. The van der Waals surface area contributed by atoms with Gasteiger partial charge in [0, 0.05) is 12.1 Å². The van der Waals surface area contributed by atoms with Crippen LogP contribution in [-0.2, 0) is 19.3 Å². The second-order valence-electron chi connectivity index (χ2n) is 3.52. The fourth-order valence-corrected chi connectivity index (χ4v) is 1.58. The van der Waals surface area contributed by atoms with Crippen molar-refractivity contribution in [3.8, 4) is 0 Å². The summed E-state index contributed by atoms with van der Waals surface area (Å²) in [5.41, 5.74) is -0.981. The topological polar surface area (TPSA) is 49.3 Å². The summed E-state index contributed by atoms with van der Waals surface area (Å²) in [5, 5.41) is 11.5. The Balaban J connectivity index is 0.00000154. The molecule has 108 valence electrons. The molecule has 6 heteroatoms. The predicted octanol–water partition coefficient (Wildman–Crippen LogP) is 2.76. The van der Waals surface area contributed by atoms with Crippen molar-refractivity contribution in [2.45, 2.75) is 33.2 Å². The first-order chi connectivity index (χ1) is 8.93. The van der Waals surface area contributed by atoms with Gasteiger partial charge in [0.1, 0.15) is 6.29 Å². The van der Waals surface area contributed by atoms with Crippen LogP contribution in [0.25, 0.3) is 0 Å². The average molecular weight is 277 g/mol. The molecule has 0 heterocycles. The van der Waals surface area contributed by atoms with Crippen LogP contribution in [0.4, 0.5) is 13.2 Å². The lowest BCUT2D eigenvalue weighted by molar-refractivity contribution is -0.138. The van der Waals surface area contributed by atoms with Gasteiger partial charge in [-0.1, -0.05) is 13.8 Å². The van der Waals surface area contributed by atoms with Crippen molar-refractivity contribution in [2.24, 2.45) is 0 Å². The maximum Gasteiger partial charge on any atom is 0.416 e. The van der Waals surface area contributed by atoms with E-state index in [9.17, 15) is 18.0 Å². The van der Waals surface area contributed by atoms with Crippen molar-refractivity contribution in [3.05, 3.63) is 34.4 Å². The lowest BCUT2D eigenvalue weighted by atomic mass is 9.97. The van der Waals surface area contributed by atoms with E-state index in [1.165, 1.54) is 13.1 Å². The van der Waals surface area contributed by atoms with E-state index in [-0.39, 0.29) is 23.2 Å². The minimum Gasteiger partial charge on any atom is -0.392 e. The highest BCUT2D eigenvalue weighted by Crippen LogP contribution is 2.34. The third kappa shape index (κ3) is 4.65. The van der Waals surface area contributed by atoms with Gasteiger partial charge in [0.25, 0.3) is 0 Å². The molecule has 0 aromatic heterocycles. The normalized spacial score (nSPS) is 10.7. The van der Waals surface area contributed by atoms with Gasteiger partial charge in [0.15, 0.2) is 0 Å². The highest BCUT2D eigenvalue weighted by Gasteiger charge is 2.34. The zero-order valence-corrected chi connectivity index (χ0v) is 11.1. The maximum atomic E-state index is 12.8. The van der Waals surface area contributed by atoms with E-state index in [0.29, 0.717) is 6.29 Å².